The van der Waals surface area contributed by atoms with Crippen LogP contribution in [0.15, 0.2) is 49.1 Å². The maximum Gasteiger partial charge on any atom is 0.152 e. The molecule has 0 atom stereocenters. The van der Waals surface area contributed by atoms with E-state index >= 15 is 0 Å². The van der Waals surface area contributed by atoms with Gasteiger partial charge in [-0.2, -0.15) is 0 Å². The van der Waals surface area contributed by atoms with Crippen LogP contribution in [-0.4, -0.2) is 21.5 Å². The summed E-state index contributed by atoms with van der Waals surface area (Å²) in [4.78, 5) is 13.0. The Kier molecular flexibility index (Phi) is 3.06. The second-order valence-electron chi connectivity index (χ2n) is 4.19. The van der Waals surface area contributed by atoms with Gasteiger partial charge in [0.15, 0.2) is 5.82 Å². The standard InChI is InChI=1S/C15H14N4/c1-2-17-15-14(18-8-9-19-15)13-5-3-4-11-10-16-7-6-12(11)13/h3-10H,2H2,1H3,(H,17,19). The van der Waals surface area contributed by atoms with Crippen molar-refractivity contribution in [1.82, 2.24) is 15.0 Å². The van der Waals surface area contributed by atoms with E-state index in [2.05, 4.69) is 32.4 Å². The van der Waals surface area contributed by atoms with Gasteiger partial charge in [0, 0.05) is 42.3 Å². The maximum atomic E-state index is 4.47. The van der Waals surface area contributed by atoms with Gasteiger partial charge in [-0.3, -0.25) is 9.97 Å². The zero-order valence-corrected chi connectivity index (χ0v) is 10.7. The van der Waals surface area contributed by atoms with Crippen LogP contribution in [0, 0.1) is 0 Å². The molecule has 0 aliphatic rings. The Bertz CT molecular complexity index is 704. The third kappa shape index (κ3) is 2.12. The fourth-order valence-corrected chi connectivity index (χ4v) is 2.16. The van der Waals surface area contributed by atoms with E-state index < -0.39 is 0 Å². The van der Waals surface area contributed by atoms with Crippen molar-refractivity contribution in [3.05, 3.63) is 49.1 Å². The van der Waals surface area contributed by atoms with Crippen molar-refractivity contribution in [2.24, 2.45) is 0 Å². The zero-order chi connectivity index (χ0) is 13.1. The van der Waals surface area contributed by atoms with E-state index in [-0.39, 0.29) is 0 Å². The molecule has 4 heteroatoms. The van der Waals surface area contributed by atoms with Crippen molar-refractivity contribution in [2.75, 3.05) is 11.9 Å². The average Bonchev–Trinajstić information content (AvgIpc) is 2.48. The van der Waals surface area contributed by atoms with Crippen molar-refractivity contribution >= 4 is 16.6 Å². The molecule has 0 radical (unpaired) electrons. The summed E-state index contributed by atoms with van der Waals surface area (Å²) in [5, 5.41) is 5.49. The Balaban J connectivity index is 2.25. The number of rotatable bonds is 3. The molecule has 0 aliphatic carbocycles. The van der Waals surface area contributed by atoms with Crippen LogP contribution in [0.1, 0.15) is 6.92 Å². The summed E-state index contributed by atoms with van der Waals surface area (Å²) in [6.07, 6.45) is 7.08. The maximum absolute atomic E-state index is 4.47. The molecule has 2 heterocycles. The molecule has 3 aromatic rings. The van der Waals surface area contributed by atoms with Gasteiger partial charge in [-0.15, -0.1) is 0 Å². The average molecular weight is 250 g/mol. The van der Waals surface area contributed by atoms with Gasteiger partial charge in [0.05, 0.1) is 0 Å². The molecule has 1 aromatic carbocycles. The van der Waals surface area contributed by atoms with Crippen LogP contribution in [0.2, 0.25) is 0 Å². The van der Waals surface area contributed by atoms with Crippen LogP contribution in [0.25, 0.3) is 22.0 Å². The third-order valence-electron chi connectivity index (χ3n) is 2.98. The summed E-state index contributed by atoms with van der Waals surface area (Å²) < 4.78 is 0. The Labute approximate surface area is 111 Å². The summed E-state index contributed by atoms with van der Waals surface area (Å²) in [6, 6.07) is 8.14. The van der Waals surface area contributed by atoms with E-state index in [9.17, 15) is 0 Å². The molecule has 1 N–H and O–H groups in total. The van der Waals surface area contributed by atoms with Gasteiger partial charge in [-0.25, -0.2) is 4.98 Å². The Morgan fingerprint density at radius 2 is 1.95 bits per heavy atom. The first-order chi connectivity index (χ1) is 9.40. The SMILES string of the molecule is CCNc1nccnc1-c1cccc2cnccc12. The largest absolute Gasteiger partial charge is 0.369 e. The second-order valence-corrected chi connectivity index (χ2v) is 4.19. The number of nitrogens with one attached hydrogen (secondary N) is 1. The smallest absolute Gasteiger partial charge is 0.152 e. The first-order valence-corrected chi connectivity index (χ1v) is 6.28. The summed E-state index contributed by atoms with van der Waals surface area (Å²) in [6.45, 7) is 2.86. The Hall–Kier alpha value is -2.49. The molecule has 0 amide bonds. The number of hydrogen-bond acceptors (Lipinski definition) is 4. The van der Waals surface area contributed by atoms with Crippen molar-refractivity contribution in [1.29, 1.82) is 0 Å². The normalized spacial score (nSPS) is 10.6. The van der Waals surface area contributed by atoms with Crippen LogP contribution in [-0.2, 0) is 0 Å². The molecule has 0 fully saturated rings. The highest BCUT2D eigenvalue weighted by atomic mass is 15.0. The van der Waals surface area contributed by atoms with Gasteiger partial charge in [-0.1, -0.05) is 18.2 Å². The topological polar surface area (TPSA) is 50.7 Å². The highest BCUT2D eigenvalue weighted by Gasteiger charge is 2.10. The molecule has 0 saturated carbocycles. The van der Waals surface area contributed by atoms with E-state index in [1.807, 2.05) is 25.3 Å². The minimum Gasteiger partial charge on any atom is -0.369 e. The minimum absolute atomic E-state index is 0.814. The zero-order valence-electron chi connectivity index (χ0n) is 10.7. The molecule has 4 nitrogen and oxygen atoms in total. The van der Waals surface area contributed by atoms with E-state index in [1.165, 1.54) is 0 Å². The predicted molar refractivity (Wildman–Crippen MR) is 76.9 cm³/mol. The monoisotopic (exact) mass is 250 g/mol. The van der Waals surface area contributed by atoms with Crippen LogP contribution in [0.5, 0.6) is 0 Å². The van der Waals surface area contributed by atoms with Crippen molar-refractivity contribution in [2.45, 2.75) is 6.92 Å². The number of nitrogens with zero attached hydrogens (tertiary/aromatic N) is 3. The molecule has 94 valence electrons. The van der Waals surface area contributed by atoms with Gasteiger partial charge < -0.3 is 5.32 Å². The van der Waals surface area contributed by atoms with Gasteiger partial charge in [-0.05, 0) is 18.4 Å². The van der Waals surface area contributed by atoms with Crippen LogP contribution < -0.4 is 5.32 Å². The van der Waals surface area contributed by atoms with E-state index in [1.54, 1.807) is 18.6 Å². The van der Waals surface area contributed by atoms with E-state index in [0.717, 1.165) is 34.4 Å². The van der Waals surface area contributed by atoms with Crippen LogP contribution >= 0.6 is 0 Å². The highest BCUT2D eigenvalue weighted by Crippen LogP contribution is 2.30. The number of hydrogen-bond donors (Lipinski definition) is 1. The Morgan fingerprint density at radius 1 is 1.05 bits per heavy atom. The lowest BCUT2D eigenvalue weighted by atomic mass is 10.0. The second kappa shape index (κ2) is 5.02. The van der Waals surface area contributed by atoms with Crippen molar-refractivity contribution < 1.29 is 0 Å². The van der Waals surface area contributed by atoms with E-state index in [4.69, 9.17) is 0 Å². The summed E-state index contributed by atoms with van der Waals surface area (Å²) in [5.74, 6) is 0.814. The van der Waals surface area contributed by atoms with Gasteiger partial charge in [0.1, 0.15) is 5.69 Å². The predicted octanol–water partition coefficient (Wildman–Crippen LogP) is 3.12. The lowest BCUT2D eigenvalue weighted by Gasteiger charge is -2.10. The molecule has 0 spiro atoms. The summed E-state index contributed by atoms with van der Waals surface area (Å²) in [5.41, 5.74) is 1.95. The minimum atomic E-state index is 0.814. The molecular weight excluding hydrogens is 236 g/mol. The lowest BCUT2D eigenvalue weighted by molar-refractivity contribution is 1.13. The van der Waals surface area contributed by atoms with Gasteiger partial charge >= 0.3 is 0 Å². The van der Waals surface area contributed by atoms with Crippen LogP contribution in [0.4, 0.5) is 5.82 Å². The van der Waals surface area contributed by atoms with Gasteiger partial charge in [0.2, 0.25) is 0 Å². The number of benzene rings is 1. The quantitative estimate of drug-likeness (QED) is 0.776. The molecular formula is C15H14N4. The highest BCUT2D eigenvalue weighted by molar-refractivity contribution is 5.97. The molecule has 19 heavy (non-hydrogen) atoms. The summed E-state index contributed by atoms with van der Waals surface area (Å²) >= 11 is 0. The lowest BCUT2D eigenvalue weighted by Crippen LogP contribution is -2.02. The van der Waals surface area contributed by atoms with Crippen molar-refractivity contribution in [3.8, 4) is 11.3 Å². The van der Waals surface area contributed by atoms with Crippen molar-refractivity contribution in [3.63, 3.8) is 0 Å². The van der Waals surface area contributed by atoms with Gasteiger partial charge in [0.25, 0.3) is 0 Å². The fourth-order valence-electron chi connectivity index (χ4n) is 2.16. The third-order valence-corrected chi connectivity index (χ3v) is 2.98. The molecule has 2 aromatic heterocycles. The molecule has 0 bridgehead atoms. The summed E-state index contributed by atoms with van der Waals surface area (Å²) in [7, 11) is 0. The van der Waals surface area contributed by atoms with Crippen LogP contribution in [0.3, 0.4) is 0 Å². The molecule has 3 rings (SSSR count). The van der Waals surface area contributed by atoms with E-state index in [0.29, 0.717) is 0 Å². The Morgan fingerprint density at radius 3 is 2.84 bits per heavy atom. The number of pyridine rings is 1. The fraction of sp³-hybridized carbons (Fsp3) is 0.133. The number of anilines is 1. The molecule has 0 aliphatic heterocycles. The first-order valence-electron chi connectivity index (χ1n) is 6.28. The first kappa shape index (κ1) is 11.6. The number of aromatic nitrogens is 3. The number of fused-ring (bicyclic) bond motifs is 1. The molecule has 0 unspecified atom stereocenters. The molecule has 0 saturated heterocycles.